The van der Waals surface area contributed by atoms with E-state index in [-0.39, 0.29) is 22.8 Å². The fraction of sp³-hybridized carbons (Fsp3) is 0.400. The topological polar surface area (TPSA) is 32.3 Å². The second kappa shape index (κ2) is 6.59. The number of benzene rings is 2. The number of carbonyl (C=O) groups excluding carboxylic acids is 1. The Balaban J connectivity index is 1.72. The Morgan fingerprint density at radius 3 is 2.57 bits per heavy atom. The van der Waals surface area contributed by atoms with Crippen LogP contribution in [0.25, 0.3) is 11.1 Å². The van der Waals surface area contributed by atoms with E-state index in [9.17, 15) is 4.79 Å². The number of ketones is 1. The van der Waals surface area contributed by atoms with E-state index < -0.39 is 0 Å². The number of rotatable bonds is 4. The summed E-state index contributed by atoms with van der Waals surface area (Å²) in [6.07, 6.45) is 4.28. The summed E-state index contributed by atoms with van der Waals surface area (Å²) in [5.41, 5.74) is 9.88. The summed E-state index contributed by atoms with van der Waals surface area (Å²) >= 11 is 0. The van der Waals surface area contributed by atoms with Crippen molar-refractivity contribution in [2.24, 2.45) is 5.92 Å². The van der Waals surface area contributed by atoms with Gasteiger partial charge >= 0.3 is 0 Å². The lowest BCUT2D eigenvalue weighted by Crippen LogP contribution is -2.65. The molecule has 0 radical (unpaired) electrons. The number of nitrogens with zero attached hydrogens (tertiary/aromatic N) is 1. The summed E-state index contributed by atoms with van der Waals surface area (Å²) in [7, 11) is 0. The lowest BCUT2D eigenvalue weighted by atomic mass is 9.71. The number of hydrazine groups is 1. The summed E-state index contributed by atoms with van der Waals surface area (Å²) in [4.78, 5) is 12.6. The van der Waals surface area contributed by atoms with Crippen LogP contribution >= 0.6 is 0 Å². The van der Waals surface area contributed by atoms with Gasteiger partial charge in [0.1, 0.15) is 0 Å². The molecule has 2 aliphatic rings. The predicted octanol–water partition coefficient (Wildman–Crippen LogP) is 5.61. The second-order valence-corrected chi connectivity index (χ2v) is 9.28. The Morgan fingerprint density at radius 1 is 1.11 bits per heavy atom. The van der Waals surface area contributed by atoms with Gasteiger partial charge in [-0.15, -0.1) is 0 Å². The fourth-order valence-electron chi connectivity index (χ4n) is 5.21. The normalized spacial score (nSPS) is 22.2. The van der Waals surface area contributed by atoms with Crippen LogP contribution in [0.2, 0.25) is 0 Å². The van der Waals surface area contributed by atoms with E-state index in [1.54, 1.807) is 0 Å². The molecule has 1 N–H and O–H groups in total. The van der Waals surface area contributed by atoms with Crippen molar-refractivity contribution in [3.63, 3.8) is 0 Å². The molecule has 1 aliphatic heterocycles. The number of hydrogen-bond donors (Lipinski definition) is 1. The molecule has 3 nitrogen and oxygen atoms in total. The zero-order chi connectivity index (χ0) is 20.1. The quantitative estimate of drug-likeness (QED) is 0.603. The summed E-state index contributed by atoms with van der Waals surface area (Å²) in [6, 6.07) is 15.1. The first-order valence-corrected chi connectivity index (χ1v) is 10.2. The molecule has 1 aliphatic carbocycles. The van der Waals surface area contributed by atoms with Crippen LogP contribution in [0.3, 0.4) is 0 Å². The average Bonchev–Trinajstić information content (AvgIpc) is 3.04. The van der Waals surface area contributed by atoms with E-state index in [1.807, 2.05) is 0 Å². The van der Waals surface area contributed by atoms with Gasteiger partial charge in [0.25, 0.3) is 0 Å². The number of hydrogen-bond acceptors (Lipinski definition) is 3. The van der Waals surface area contributed by atoms with Crippen LogP contribution in [-0.4, -0.2) is 21.9 Å². The van der Waals surface area contributed by atoms with Crippen LogP contribution in [0.15, 0.2) is 55.1 Å². The lowest BCUT2D eigenvalue weighted by Gasteiger charge is -2.56. The monoisotopic (exact) mass is 374 g/mol. The van der Waals surface area contributed by atoms with Crippen LogP contribution < -0.4 is 5.43 Å². The van der Waals surface area contributed by atoms with Gasteiger partial charge < -0.3 is 5.43 Å². The van der Waals surface area contributed by atoms with Crippen molar-refractivity contribution in [2.45, 2.75) is 58.0 Å². The van der Waals surface area contributed by atoms with Crippen molar-refractivity contribution in [3.8, 4) is 11.1 Å². The van der Waals surface area contributed by atoms with Crippen LogP contribution in [0.1, 0.15) is 51.7 Å². The van der Waals surface area contributed by atoms with Crippen molar-refractivity contribution in [3.05, 3.63) is 66.2 Å². The molecule has 0 saturated carbocycles. The first kappa shape index (κ1) is 18.9. The number of piperidine rings is 1. The summed E-state index contributed by atoms with van der Waals surface area (Å²) in [5.74, 6) is 0.0810. The largest absolute Gasteiger partial charge is 0.318 e. The number of carbonyl (C=O) groups is 1. The lowest BCUT2D eigenvalue weighted by molar-refractivity contribution is -0.129. The van der Waals surface area contributed by atoms with Crippen LogP contribution in [0, 0.1) is 5.92 Å². The first-order valence-electron chi connectivity index (χ1n) is 10.2. The molecular weight excluding hydrogens is 344 g/mol. The fourth-order valence-corrected chi connectivity index (χ4v) is 5.21. The molecule has 0 bridgehead atoms. The molecule has 1 saturated heterocycles. The van der Waals surface area contributed by atoms with Gasteiger partial charge in [0.15, 0.2) is 5.78 Å². The van der Waals surface area contributed by atoms with Gasteiger partial charge in [-0.1, -0.05) is 43.0 Å². The molecule has 1 fully saturated rings. The van der Waals surface area contributed by atoms with Gasteiger partial charge in [0.2, 0.25) is 0 Å². The molecule has 146 valence electrons. The first-order chi connectivity index (χ1) is 13.3. The Morgan fingerprint density at radius 2 is 1.82 bits per heavy atom. The van der Waals surface area contributed by atoms with Crippen LogP contribution in [-0.2, 0) is 11.2 Å². The Hall–Kier alpha value is -2.39. The van der Waals surface area contributed by atoms with Crippen LogP contribution in [0.4, 0.5) is 5.69 Å². The standard InChI is InChI=1S/C25H30N2O/c1-6-23(28)21-14-15-24(2,3)27(25(21,4)5)26-22-13-9-12-19-18-11-8-7-10-17(18)16-20(19)22/h6-13,21,26H,1,14-16H2,2-5H3. The highest BCUT2D eigenvalue weighted by Crippen LogP contribution is 2.45. The highest BCUT2D eigenvalue weighted by atomic mass is 16.1. The van der Waals surface area contributed by atoms with Gasteiger partial charge in [0, 0.05) is 23.4 Å². The Kier molecular flexibility index (Phi) is 4.46. The summed E-state index contributed by atoms with van der Waals surface area (Å²) in [5, 5.41) is 2.31. The zero-order valence-electron chi connectivity index (χ0n) is 17.4. The van der Waals surface area contributed by atoms with E-state index in [0.717, 1.165) is 24.9 Å². The number of allylic oxidation sites excluding steroid dienone is 1. The van der Waals surface area contributed by atoms with Crippen molar-refractivity contribution in [1.29, 1.82) is 0 Å². The highest BCUT2D eigenvalue weighted by Gasteiger charge is 2.49. The van der Waals surface area contributed by atoms with Gasteiger partial charge in [-0.25, -0.2) is 5.01 Å². The van der Waals surface area contributed by atoms with Gasteiger partial charge in [-0.2, -0.15) is 0 Å². The average molecular weight is 375 g/mol. The van der Waals surface area contributed by atoms with Gasteiger partial charge in [0.05, 0.1) is 5.69 Å². The third-order valence-corrected chi connectivity index (χ3v) is 6.71. The van der Waals surface area contributed by atoms with Crippen molar-refractivity contribution in [2.75, 3.05) is 5.43 Å². The molecule has 0 spiro atoms. The van der Waals surface area contributed by atoms with Gasteiger partial charge in [-0.05, 0) is 74.9 Å². The maximum atomic E-state index is 12.6. The molecule has 3 heteroatoms. The van der Waals surface area contributed by atoms with E-state index in [4.69, 9.17) is 0 Å². The highest BCUT2D eigenvalue weighted by molar-refractivity contribution is 5.92. The minimum Gasteiger partial charge on any atom is -0.318 e. The van der Waals surface area contributed by atoms with Crippen molar-refractivity contribution in [1.82, 2.24) is 5.01 Å². The summed E-state index contributed by atoms with van der Waals surface area (Å²) < 4.78 is 0. The van der Waals surface area contributed by atoms with Crippen molar-refractivity contribution >= 4 is 11.5 Å². The molecule has 1 heterocycles. The number of fused-ring (bicyclic) bond motifs is 3. The SMILES string of the molecule is C=CC(=O)C1CCC(C)(C)N(Nc2cccc3c2Cc2ccccc2-3)C1(C)C. The molecule has 2 aromatic carbocycles. The molecule has 4 rings (SSSR count). The second-order valence-electron chi connectivity index (χ2n) is 9.28. The minimum absolute atomic E-state index is 0.0560. The number of nitrogens with one attached hydrogen (secondary N) is 1. The Labute approximate surface area is 168 Å². The van der Waals surface area contributed by atoms with Crippen LogP contribution in [0.5, 0.6) is 0 Å². The minimum atomic E-state index is -0.318. The third-order valence-electron chi connectivity index (χ3n) is 6.71. The smallest absolute Gasteiger partial charge is 0.160 e. The third kappa shape index (κ3) is 2.89. The maximum absolute atomic E-state index is 12.6. The predicted molar refractivity (Wildman–Crippen MR) is 116 cm³/mol. The number of anilines is 1. The molecular formula is C25H30N2O. The molecule has 1 unspecified atom stereocenters. The van der Waals surface area contributed by atoms with Crippen molar-refractivity contribution < 1.29 is 4.79 Å². The molecule has 28 heavy (non-hydrogen) atoms. The van der Waals surface area contributed by atoms with E-state index in [2.05, 4.69) is 87.2 Å². The molecule has 2 aromatic rings. The van der Waals surface area contributed by atoms with E-state index >= 15 is 0 Å². The van der Waals surface area contributed by atoms with E-state index in [1.165, 1.54) is 28.3 Å². The molecule has 0 amide bonds. The maximum Gasteiger partial charge on any atom is 0.160 e. The molecule has 1 atom stereocenters. The summed E-state index contributed by atoms with van der Waals surface area (Å²) in [6.45, 7) is 12.6. The molecule has 0 aromatic heterocycles. The zero-order valence-corrected chi connectivity index (χ0v) is 17.4. The van der Waals surface area contributed by atoms with Gasteiger partial charge in [-0.3, -0.25) is 4.79 Å². The Bertz CT molecular complexity index is 941. The van der Waals surface area contributed by atoms with E-state index in [0.29, 0.717) is 0 Å².